The number of ketones is 1. The fourth-order valence-corrected chi connectivity index (χ4v) is 7.04. The number of amides is 1. The molecule has 1 aliphatic heterocycles. The highest BCUT2D eigenvalue weighted by atomic mass is 16.5. The van der Waals surface area contributed by atoms with Gasteiger partial charge in [-0.1, -0.05) is 30.3 Å². The fourth-order valence-electron chi connectivity index (χ4n) is 7.04. The average molecular weight is 410 g/mol. The third-order valence-corrected chi connectivity index (χ3v) is 8.22. The maximum Gasteiger partial charge on any atom is 0.311 e. The van der Waals surface area contributed by atoms with Crippen LogP contribution in [0.2, 0.25) is 0 Å². The number of Topliss-reactive ketones (excluding diaryl/α,β-unsaturated/α-hetero) is 1. The van der Waals surface area contributed by atoms with Crippen molar-refractivity contribution in [3.63, 3.8) is 0 Å². The second kappa shape index (κ2) is 7.51. The lowest BCUT2D eigenvalue weighted by atomic mass is 9.48. The van der Waals surface area contributed by atoms with Crippen molar-refractivity contribution in [2.75, 3.05) is 13.2 Å². The van der Waals surface area contributed by atoms with Crippen LogP contribution in [0.5, 0.6) is 0 Å². The van der Waals surface area contributed by atoms with E-state index < -0.39 is 11.9 Å². The van der Waals surface area contributed by atoms with Crippen LogP contribution in [0.1, 0.15) is 63.5 Å². The number of esters is 1. The topological polar surface area (TPSA) is 63.7 Å². The van der Waals surface area contributed by atoms with Crippen LogP contribution in [0.3, 0.4) is 0 Å². The van der Waals surface area contributed by atoms with Gasteiger partial charge in [0, 0.05) is 18.4 Å². The lowest BCUT2D eigenvalue weighted by Crippen LogP contribution is -2.51. The highest BCUT2D eigenvalue weighted by Crippen LogP contribution is 2.60. The molecule has 1 saturated heterocycles. The van der Waals surface area contributed by atoms with E-state index in [0.717, 1.165) is 24.8 Å². The zero-order chi connectivity index (χ0) is 20.9. The second-order valence-electron chi connectivity index (χ2n) is 10.3. The van der Waals surface area contributed by atoms with Gasteiger partial charge in [0.25, 0.3) is 0 Å². The van der Waals surface area contributed by atoms with E-state index in [1.165, 1.54) is 19.3 Å². The van der Waals surface area contributed by atoms with Gasteiger partial charge in [-0.05, 0) is 68.8 Å². The number of ether oxygens (including phenoxy) is 1. The van der Waals surface area contributed by atoms with E-state index in [2.05, 4.69) is 0 Å². The Morgan fingerprint density at radius 1 is 1.07 bits per heavy atom. The zero-order valence-corrected chi connectivity index (χ0v) is 17.7. The maximum atomic E-state index is 13.1. The molecule has 5 fully saturated rings. The molecule has 0 unspecified atom stereocenters. The van der Waals surface area contributed by atoms with Crippen molar-refractivity contribution in [1.29, 1.82) is 0 Å². The van der Waals surface area contributed by atoms with E-state index in [1.54, 1.807) is 4.90 Å². The van der Waals surface area contributed by atoms with Gasteiger partial charge in [0.15, 0.2) is 12.4 Å². The third-order valence-electron chi connectivity index (χ3n) is 8.22. The molecule has 1 aromatic rings. The Kier molecular flexibility index (Phi) is 4.95. The summed E-state index contributed by atoms with van der Waals surface area (Å²) in [5.74, 6) is 1.29. The Morgan fingerprint density at radius 3 is 2.27 bits per heavy atom. The molecule has 5 nitrogen and oxygen atoms in total. The van der Waals surface area contributed by atoms with Gasteiger partial charge in [-0.2, -0.15) is 0 Å². The van der Waals surface area contributed by atoms with Crippen LogP contribution >= 0.6 is 0 Å². The fraction of sp³-hybridized carbons (Fsp3) is 0.640. The van der Waals surface area contributed by atoms with E-state index in [0.29, 0.717) is 24.3 Å². The Bertz CT molecular complexity index is 813. The van der Waals surface area contributed by atoms with Crippen LogP contribution in [0.15, 0.2) is 30.3 Å². The molecule has 0 spiro atoms. The van der Waals surface area contributed by atoms with Crippen LogP contribution in [-0.2, 0) is 19.1 Å². The van der Waals surface area contributed by atoms with Crippen molar-refractivity contribution in [3.8, 4) is 0 Å². The van der Waals surface area contributed by atoms with Crippen LogP contribution in [-0.4, -0.2) is 35.7 Å². The van der Waals surface area contributed by atoms with Gasteiger partial charge in [-0.25, -0.2) is 0 Å². The summed E-state index contributed by atoms with van der Waals surface area (Å²) >= 11 is 0. The Morgan fingerprint density at radius 2 is 1.67 bits per heavy atom. The number of carbonyl (C=O) groups is 3. The molecular weight excluding hydrogens is 378 g/mol. The van der Waals surface area contributed by atoms with E-state index in [-0.39, 0.29) is 36.2 Å². The molecule has 30 heavy (non-hydrogen) atoms. The van der Waals surface area contributed by atoms with Gasteiger partial charge < -0.3 is 9.64 Å². The zero-order valence-electron chi connectivity index (χ0n) is 17.7. The Labute approximate surface area is 178 Å². The number of benzene rings is 1. The molecule has 5 aliphatic rings. The summed E-state index contributed by atoms with van der Waals surface area (Å²) < 4.78 is 5.49. The summed E-state index contributed by atoms with van der Waals surface area (Å²) in [5.41, 5.74) is 0.811. The molecule has 2 atom stereocenters. The van der Waals surface area contributed by atoms with Gasteiger partial charge in [0.1, 0.15) is 0 Å². The van der Waals surface area contributed by atoms with E-state index >= 15 is 0 Å². The molecule has 0 radical (unpaired) electrons. The van der Waals surface area contributed by atoms with Crippen LogP contribution in [0.25, 0.3) is 0 Å². The van der Waals surface area contributed by atoms with Gasteiger partial charge in [-0.3, -0.25) is 14.4 Å². The normalized spacial score (nSPS) is 35.5. The lowest BCUT2D eigenvalue weighted by molar-refractivity contribution is -0.160. The van der Waals surface area contributed by atoms with Crippen molar-refractivity contribution >= 4 is 17.7 Å². The molecule has 0 aromatic heterocycles. The summed E-state index contributed by atoms with van der Waals surface area (Å²) in [6.45, 7) is 2.22. The van der Waals surface area contributed by atoms with Crippen LogP contribution in [0.4, 0.5) is 0 Å². The third kappa shape index (κ3) is 3.46. The SMILES string of the molecule is C[C@H](c1ccccc1)N1C[C@@H](C(=O)OCC(=O)C23CC4CC(CC(C4)C2)C3)CC1=O. The molecule has 6 rings (SSSR count). The standard InChI is InChI=1S/C25H31NO4/c1-16(20-5-3-2-4-6-20)26-14-21(10-23(26)28)24(29)30-15-22(27)25-11-17-7-18(12-25)9-19(8-17)13-25/h2-6,16-19,21H,7-15H2,1H3/t16-,17?,18?,19?,21+,25?/m1/s1. The predicted molar refractivity (Wildman–Crippen MR) is 111 cm³/mol. The minimum absolute atomic E-state index is 0.0271. The van der Waals surface area contributed by atoms with E-state index in [9.17, 15) is 14.4 Å². The van der Waals surface area contributed by atoms with Crippen molar-refractivity contribution < 1.29 is 19.1 Å². The number of nitrogens with zero attached hydrogens (tertiary/aromatic N) is 1. The van der Waals surface area contributed by atoms with Gasteiger partial charge in [0.2, 0.25) is 5.91 Å². The molecule has 4 aliphatic carbocycles. The van der Waals surface area contributed by atoms with Crippen molar-refractivity contribution in [3.05, 3.63) is 35.9 Å². The van der Waals surface area contributed by atoms with Crippen molar-refractivity contribution in [2.45, 2.75) is 57.9 Å². The number of likely N-dealkylation sites (tertiary alicyclic amines) is 1. The summed E-state index contributed by atoms with van der Waals surface area (Å²) in [6, 6.07) is 9.76. The number of hydrogen-bond donors (Lipinski definition) is 0. The molecule has 4 saturated carbocycles. The molecule has 5 heteroatoms. The average Bonchev–Trinajstić information content (AvgIpc) is 3.12. The number of carbonyl (C=O) groups excluding carboxylic acids is 3. The Hall–Kier alpha value is -2.17. The van der Waals surface area contributed by atoms with Crippen LogP contribution < -0.4 is 0 Å². The lowest BCUT2D eigenvalue weighted by Gasteiger charge is -2.55. The summed E-state index contributed by atoms with van der Waals surface area (Å²) in [5, 5.41) is 0. The summed E-state index contributed by atoms with van der Waals surface area (Å²) in [6.07, 6.45) is 6.98. The first-order valence-electron chi connectivity index (χ1n) is 11.5. The number of rotatable bonds is 6. The van der Waals surface area contributed by atoms with Crippen molar-refractivity contribution in [2.24, 2.45) is 29.1 Å². The van der Waals surface area contributed by atoms with E-state index in [1.807, 2.05) is 37.3 Å². The molecule has 1 amide bonds. The second-order valence-corrected chi connectivity index (χ2v) is 10.3. The van der Waals surface area contributed by atoms with Gasteiger partial charge in [-0.15, -0.1) is 0 Å². The van der Waals surface area contributed by atoms with Gasteiger partial charge in [0.05, 0.1) is 12.0 Å². The maximum absolute atomic E-state index is 13.1. The summed E-state index contributed by atoms with van der Waals surface area (Å²) in [7, 11) is 0. The largest absolute Gasteiger partial charge is 0.457 e. The van der Waals surface area contributed by atoms with Crippen molar-refractivity contribution in [1.82, 2.24) is 4.90 Å². The summed E-state index contributed by atoms with van der Waals surface area (Å²) in [4.78, 5) is 40.0. The minimum atomic E-state index is -0.479. The predicted octanol–water partition coefficient (Wildman–Crippen LogP) is 3.92. The highest BCUT2D eigenvalue weighted by molar-refractivity contribution is 5.90. The quantitative estimate of drug-likeness (QED) is 0.668. The van der Waals surface area contributed by atoms with E-state index in [4.69, 9.17) is 4.74 Å². The first-order valence-corrected chi connectivity index (χ1v) is 11.5. The van der Waals surface area contributed by atoms with Gasteiger partial charge >= 0.3 is 5.97 Å². The molecule has 1 heterocycles. The molecule has 1 aromatic carbocycles. The van der Waals surface area contributed by atoms with Crippen LogP contribution in [0, 0.1) is 29.1 Å². The molecule has 4 bridgehead atoms. The molecular formula is C25H31NO4. The number of hydrogen-bond acceptors (Lipinski definition) is 4. The first-order chi connectivity index (χ1) is 14.4. The monoisotopic (exact) mass is 409 g/mol. The minimum Gasteiger partial charge on any atom is -0.457 e. The molecule has 0 N–H and O–H groups in total. The highest BCUT2D eigenvalue weighted by Gasteiger charge is 2.54. The smallest absolute Gasteiger partial charge is 0.311 e. The Balaban J connectivity index is 1.17. The molecule has 160 valence electrons. The first kappa shape index (κ1) is 19.8.